The van der Waals surface area contributed by atoms with Gasteiger partial charge in [-0.2, -0.15) is 0 Å². The molecule has 1 aromatic heterocycles. The number of nitrogens with zero attached hydrogens (tertiary/aromatic N) is 1. The molecule has 0 saturated heterocycles. The van der Waals surface area contributed by atoms with Crippen LogP contribution in [0.25, 0.3) is 12.2 Å². The number of amides is 6. The van der Waals surface area contributed by atoms with Gasteiger partial charge in [-0.15, -0.1) is 0 Å². The fourth-order valence-corrected chi connectivity index (χ4v) is 7.58. The first-order chi connectivity index (χ1) is 30.2. The molecule has 6 amide bonds. The number of carbonyl (C=O) groups excluding carboxylic acids is 6. The lowest BCUT2D eigenvalue weighted by atomic mass is 9.75. The average Bonchev–Trinajstić information content (AvgIpc) is 3.45. The molecule has 0 spiro atoms. The number of unbranched alkanes of at least 4 members (excludes halogenated alkanes) is 1. The number of benzene rings is 2. The standard InChI is InChI=1S/C37H53N9O6.C10H11N/c1-3-5-16-31(48)46-37(18-17-27-25(4-2)13-9-14-26(27)21-37)35(52)45-29(20-24-11-7-6-8-12-24)34(51)44-28(15-10-19-41-36(39)40)33(50)43-23-32(49)42-22-30(38)47;1-8-7-11-10-6-4-2-3-5-9(8)10/h6-9,11-14,28-29H,3-5,10,15-23H2,1-2H3,(H2,38,47)(H,42,49)(H,43,50)(H,44,51)(H,45,52)(H,46,48)(H4,39,40,41);3-7,11H,2H2,1H3. The monoisotopic (exact) mass is 865 g/mol. The maximum absolute atomic E-state index is 14.5. The molecular formula is C47H64N10O6. The predicted molar refractivity (Wildman–Crippen MR) is 246 cm³/mol. The largest absolute Gasteiger partial charge is 0.370 e. The smallest absolute Gasteiger partial charge is 0.246 e. The lowest BCUT2D eigenvalue weighted by molar-refractivity contribution is -0.137. The normalized spacial score (nSPS) is 15.7. The molecule has 338 valence electrons. The van der Waals surface area contributed by atoms with E-state index >= 15 is 0 Å². The highest BCUT2D eigenvalue weighted by Gasteiger charge is 2.44. The first kappa shape index (κ1) is 49.0. The van der Waals surface area contributed by atoms with Gasteiger partial charge in [-0.05, 0) is 85.8 Å². The number of aryl methyl sites for hydroxylation is 2. The van der Waals surface area contributed by atoms with Gasteiger partial charge in [-0.1, -0.05) is 87.0 Å². The fraction of sp³-hybridized carbons (Fsp3) is 0.426. The van der Waals surface area contributed by atoms with Crippen LogP contribution in [-0.2, 0) is 54.5 Å². The van der Waals surface area contributed by atoms with Gasteiger partial charge in [0.05, 0.1) is 13.1 Å². The number of guanidine groups is 1. The van der Waals surface area contributed by atoms with Crippen LogP contribution in [0.2, 0.25) is 0 Å². The van der Waals surface area contributed by atoms with E-state index in [4.69, 9.17) is 17.2 Å². The van der Waals surface area contributed by atoms with Crippen LogP contribution in [0.5, 0.6) is 0 Å². The summed E-state index contributed by atoms with van der Waals surface area (Å²) in [6.45, 7) is 5.49. The molecule has 3 atom stereocenters. The van der Waals surface area contributed by atoms with Crippen molar-refractivity contribution >= 4 is 53.6 Å². The number of hydrogen-bond acceptors (Lipinski definition) is 7. The lowest BCUT2D eigenvalue weighted by Crippen LogP contribution is -2.65. The fourth-order valence-electron chi connectivity index (χ4n) is 7.58. The Balaban J connectivity index is 0.000000678. The van der Waals surface area contributed by atoms with Crippen molar-refractivity contribution in [1.82, 2.24) is 31.6 Å². The summed E-state index contributed by atoms with van der Waals surface area (Å²) in [7, 11) is 0. The second-order valence-electron chi connectivity index (χ2n) is 15.8. The molecule has 5 rings (SSSR count). The minimum Gasteiger partial charge on any atom is -0.370 e. The van der Waals surface area contributed by atoms with Crippen LogP contribution in [0.3, 0.4) is 0 Å². The van der Waals surface area contributed by atoms with Crippen molar-refractivity contribution in [3.63, 3.8) is 0 Å². The van der Waals surface area contributed by atoms with Crippen LogP contribution in [0.1, 0.15) is 97.9 Å². The third-order valence-electron chi connectivity index (χ3n) is 11.0. The first-order valence-corrected chi connectivity index (χ1v) is 21.7. The molecule has 0 saturated carbocycles. The molecule has 0 radical (unpaired) electrons. The number of nitrogens with two attached hydrogens (primary N) is 3. The summed E-state index contributed by atoms with van der Waals surface area (Å²) in [5, 5.41) is 13.5. The number of carbonyl (C=O) groups is 6. The van der Waals surface area contributed by atoms with Gasteiger partial charge in [0.15, 0.2) is 5.96 Å². The van der Waals surface area contributed by atoms with E-state index in [0.29, 0.717) is 25.7 Å². The van der Waals surface area contributed by atoms with Gasteiger partial charge in [0, 0.05) is 43.3 Å². The Bertz CT molecular complexity index is 2140. The number of allylic oxidation sites excluding steroid dienone is 2. The van der Waals surface area contributed by atoms with E-state index in [0.717, 1.165) is 30.4 Å². The van der Waals surface area contributed by atoms with Crippen LogP contribution in [-0.4, -0.2) is 83.6 Å². The van der Waals surface area contributed by atoms with Crippen molar-refractivity contribution in [3.05, 3.63) is 106 Å². The topological polar surface area (TPSA) is 269 Å². The number of primary amides is 1. The van der Waals surface area contributed by atoms with E-state index in [-0.39, 0.29) is 44.1 Å². The van der Waals surface area contributed by atoms with E-state index in [1.807, 2.05) is 55.6 Å². The van der Waals surface area contributed by atoms with E-state index in [1.165, 1.54) is 27.9 Å². The molecule has 2 aliphatic carbocycles. The highest BCUT2D eigenvalue weighted by molar-refractivity contribution is 5.97. The zero-order valence-corrected chi connectivity index (χ0v) is 36.7. The molecule has 16 nitrogen and oxygen atoms in total. The summed E-state index contributed by atoms with van der Waals surface area (Å²) < 4.78 is 0. The third-order valence-corrected chi connectivity index (χ3v) is 11.0. The summed E-state index contributed by atoms with van der Waals surface area (Å²) in [6.07, 6.45) is 16.0. The molecule has 2 aliphatic rings. The van der Waals surface area contributed by atoms with Crippen LogP contribution >= 0.6 is 0 Å². The second kappa shape index (κ2) is 24.7. The molecule has 63 heavy (non-hydrogen) atoms. The Morgan fingerprint density at radius 3 is 2.32 bits per heavy atom. The predicted octanol–water partition coefficient (Wildman–Crippen LogP) is 2.52. The first-order valence-electron chi connectivity index (χ1n) is 21.7. The Hall–Kier alpha value is -6.71. The van der Waals surface area contributed by atoms with Crippen molar-refractivity contribution in [2.75, 3.05) is 19.6 Å². The maximum atomic E-state index is 14.5. The second-order valence-corrected chi connectivity index (χ2v) is 15.8. The average molecular weight is 865 g/mol. The van der Waals surface area contributed by atoms with Gasteiger partial charge in [-0.25, -0.2) is 0 Å². The number of rotatable bonds is 20. The highest BCUT2D eigenvalue weighted by Crippen LogP contribution is 2.32. The van der Waals surface area contributed by atoms with Crippen molar-refractivity contribution in [1.29, 1.82) is 0 Å². The molecule has 0 bridgehead atoms. The summed E-state index contributed by atoms with van der Waals surface area (Å²) in [4.78, 5) is 85.4. The van der Waals surface area contributed by atoms with Gasteiger partial charge in [0.2, 0.25) is 35.4 Å². The number of hydrogen-bond donors (Lipinski definition) is 9. The molecule has 12 N–H and O–H groups in total. The summed E-state index contributed by atoms with van der Waals surface area (Å²) in [6, 6.07) is 12.8. The third kappa shape index (κ3) is 15.3. The minimum absolute atomic E-state index is 0.0900. The van der Waals surface area contributed by atoms with Gasteiger partial charge in [-0.3, -0.25) is 33.8 Å². The number of aromatic nitrogens is 1. The maximum Gasteiger partial charge on any atom is 0.246 e. The molecule has 3 aromatic rings. The van der Waals surface area contributed by atoms with E-state index in [1.54, 1.807) is 0 Å². The number of H-pyrrole nitrogens is 1. The molecule has 16 heteroatoms. The molecule has 1 heterocycles. The molecular weight excluding hydrogens is 801 g/mol. The number of aliphatic imine (C=N–C) groups is 1. The summed E-state index contributed by atoms with van der Waals surface area (Å²) in [5.74, 6) is -3.59. The zero-order chi connectivity index (χ0) is 45.8. The number of aromatic amines is 1. The van der Waals surface area contributed by atoms with Gasteiger partial charge < -0.3 is 48.8 Å². The van der Waals surface area contributed by atoms with Crippen molar-refractivity contribution in [2.45, 2.75) is 109 Å². The summed E-state index contributed by atoms with van der Waals surface area (Å²) in [5.41, 5.74) is 22.6. The quantitative estimate of drug-likeness (QED) is 0.0462. The minimum atomic E-state index is -1.31. The van der Waals surface area contributed by atoms with Crippen LogP contribution in [0, 0.1) is 6.92 Å². The Morgan fingerprint density at radius 1 is 0.841 bits per heavy atom. The van der Waals surface area contributed by atoms with Gasteiger partial charge >= 0.3 is 0 Å². The molecule has 0 fully saturated rings. The van der Waals surface area contributed by atoms with E-state index in [9.17, 15) is 28.8 Å². The van der Waals surface area contributed by atoms with Crippen LogP contribution in [0.4, 0.5) is 0 Å². The summed E-state index contributed by atoms with van der Waals surface area (Å²) >= 11 is 0. The molecule has 3 unspecified atom stereocenters. The number of fused-ring (bicyclic) bond motifs is 2. The van der Waals surface area contributed by atoms with Gasteiger partial charge in [0.1, 0.15) is 17.6 Å². The molecule has 2 aromatic carbocycles. The van der Waals surface area contributed by atoms with Crippen molar-refractivity contribution in [2.24, 2.45) is 22.2 Å². The highest BCUT2D eigenvalue weighted by atomic mass is 16.2. The zero-order valence-electron chi connectivity index (χ0n) is 36.7. The van der Waals surface area contributed by atoms with E-state index < -0.39 is 60.2 Å². The van der Waals surface area contributed by atoms with Crippen LogP contribution in [0.15, 0.2) is 71.9 Å². The Kier molecular flexibility index (Phi) is 19.2. The SMILES string of the molecule is CCCCC(=O)NC1(C(=O)NC(Cc2ccccc2)C(=O)NC(CCCN=C(N)N)C(=O)NCC(=O)NCC(N)=O)CCc2c(CC)cccc2C1.Cc1c[nH]c2c1C=CCC=C2. The molecule has 0 aliphatic heterocycles. The van der Waals surface area contributed by atoms with Crippen LogP contribution < -0.4 is 43.8 Å². The Labute approximate surface area is 369 Å². The lowest BCUT2D eigenvalue weighted by Gasteiger charge is -2.39. The van der Waals surface area contributed by atoms with Crippen molar-refractivity contribution in [3.8, 4) is 0 Å². The van der Waals surface area contributed by atoms with Gasteiger partial charge in [0.25, 0.3) is 0 Å². The van der Waals surface area contributed by atoms with Crippen molar-refractivity contribution < 1.29 is 28.8 Å². The number of nitrogens with one attached hydrogen (secondary N) is 6. The van der Waals surface area contributed by atoms with E-state index in [2.05, 4.69) is 80.8 Å². The Morgan fingerprint density at radius 2 is 1.60 bits per heavy atom.